The van der Waals surface area contributed by atoms with Crippen molar-refractivity contribution in [1.29, 1.82) is 0 Å². The first-order valence-electron chi connectivity index (χ1n) is 4.04. The number of thiocarbonyl (C=S) groups is 1. The van der Waals surface area contributed by atoms with Crippen molar-refractivity contribution in [3.8, 4) is 5.75 Å². The summed E-state index contributed by atoms with van der Waals surface area (Å²) in [4.78, 5) is 3.85. The van der Waals surface area contributed by atoms with Crippen molar-refractivity contribution in [1.82, 2.24) is 0 Å². The van der Waals surface area contributed by atoms with Gasteiger partial charge in [-0.1, -0.05) is 18.2 Å². The van der Waals surface area contributed by atoms with Crippen LogP contribution in [0.15, 0.2) is 29.3 Å². The van der Waals surface area contributed by atoms with Crippen molar-refractivity contribution >= 4 is 17.4 Å². The Hall–Kier alpha value is -1.18. The summed E-state index contributed by atoms with van der Waals surface area (Å²) in [6, 6.07) is 7.90. The molecule has 0 spiro atoms. The summed E-state index contributed by atoms with van der Waals surface area (Å²) >= 11 is 4.48. The third-order valence-electron chi connectivity index (χ3n) is 1.75. The van der Waals surface area contributed by atoms with Gasteiger partial charge < -0.3 is 4.74 Å². The lowest BCUT2D eigenvalue weighted by atomic mass is 10.1. The van der Waals surface area contributed by atoms with E-state index in [1.54, 1.807) is 7.11 Å². The zero-order chi connectivity index (χ0) is 9.52. The summed E-state index contributed by atoms with van der Waals surface area (Å²) < 4.78 is 5.19. The molecular weight excluding hydrogens is 182 g/mol. The molecule has 0 unspecified atom stereocenters. The fraction of sp³-hybridized carbons (Fsp3) is 0.300. The summed E-state index contributed by atoms with van der Waals surface area (Å²) in [6.45, 7) is 0.671. The van der Waals surface area contributed by atoms with Gasteiger partial charge in [-0.05, 0) is 30.3 Å². The largest absolute Gasteiger partial charge is 0.496 e. The van der Waals surface area contributed by atoms with Gasteiger partial charge in [0.05, 0.1) is 18.8 Å². The number of isothiocyanates is 1. The molecule has 0 radical (unpaired) electrons. The van der Waals surface area contributed by atoms with E-state index in [-0.39, 0.29) is 0 Å². The molecule has 0 N–H and O–H groups in total. The number of ether oxygens (including phenoxy) is 1. The van der Waals surface area contributed by atoms with Gasteiger partial charge in [-0.15, -0.1) is 0 Å². The molecule has 0 amide bonds. The number of para-hydroxylation sites is 1. The molecule has 1 rings (SSSR count). The van der Waals surface area contributed by atoms with Crippen LogP contribution < -0.4 is 4.74 Å². The third kappa shape index (κ3) is 2.98. The van der Waals surface area contributed by atoms with E-state index in [1.165, 1.54) is 0 Å². The van der Waals surface area contributed by atoms with Crippen LogP contribution in [0, 0.1) is 0 Å². The van der Waals surface area contributed by atoms with Crippen molar-refractivity contribution < 1.29 is 4.74 Å². The van der Waals surface area contributed by atoms with Crippen molar-refractivity contribution in [3.63, 3.8) is 0 Å². The predicted octanol–water partition coefficient (Wildman–Crippen LogP) is 2.34. The molecule has 2 nitrogen and oxygen atoms in total. The average molecular weight is 193 g/mol. The highest BCUT2D eigenvalue weighted by Gasteiger charge is 1.99. The number of benzene rings is 1. The zero-order valence-corrected chi connectivity index (χ0v) is 8.30. The molecule has 0 fully saturated rings. The fourth-order valence-electron chi connectivity index (χ4n) is 1.13. The van der Waals surface area contributed by atoms with Crippen LogP contribution in [-0.2, 0) is 6.42 Å². The molecule has 0 aliphatic heterocycles. The monoisotopic (exact) mass is 193 g/mol. The Bertz CT molecular complexity index is 318. The second-order valence-electron chi connectivity index (χ2n) is 2.53. The van der Waals surface area contributed by atoms with Crippen molar-refractivity contribution in [2.45, 2.75) is 6.42 Å². The van der Waals surface area contributed by atoms with Crippen LogP contribution in [0.1, 0.15) is 5.56 Å². The average Bonchev–Trinajstić information content (AvgIpc) is 2.19. The van der Waals surface area contributed by atoms with E-state index in [9.17, 15) is 0 Å². The first-order valence-corrected chi connectivity index (χ1v) is 4.45. The Balaban J connectivity index is 2.69. The Labute approximate surface area is 83.3 Å². The molecule has 1 aromatic carbocycles. The third-order valence-corrected chi connectivity index (χ3v) is 1.88. The van der Waals surface area contributed by atoms with E-state index in [0.717, 1.165) is 17.7 Å². The summed E-state index contributed by atoms with van der Waals surface area (Å²) in [6.07, 6.45) is 0.841. The minimum Gasteiger partial charge on any atom is -0.496 e. The predicted molar refractivity (Wildman–Crippen MR) is 56.6 cm³/mol. The molecule has 0 aliphatic carbocycles. The molecular formula is C10H11NOS. The Morgan fingerprint density at radius 2 is 2.23 bits per heavy atom. The first-order chi connectivity index (χ1) is 6.38. The second-order valence-corrected chi connectivity index (χ2v) is 2.72. The summed E-state index contributed by atoms with van der Waals surface area (Å²) in [7, 11) is 1.67. The molecule has 0 saturated heterocycles. The number of methoxy groups -OCH3 is 1. The standard InChI is InChI=1S/C10H11NOS/c1-12-10-5-3-2-4-9(10)6-7-11-8-13/h2-5H,6-7H2,1H3. The summed E-state index contributed by atoms with van der Waals surface area (Å²) in [5.41, 5.74) is 1.15. The summed E-state index contributed by atoms with van der Waals surface area (Å²) in [5.74, 6) is 0.905. The van der Waals surface area contributed by atoms with Crippen LogP contribution >= 0.6 is 12.2 Å². The Morgan fingerprint density at radius 3 is 2.92 bits per heavy atom. The molecule has 0 saturated carbocycles. The fourth-order valence-corrected chi connectivity index (χ4v) is 1.22. The number of nitrogens with zero attached hydrogens (tertiary/aromatic N) is 1. The maximum absolute atomic E-state index is 5.19. The van der Waals surface area contributed by atoms with E-state index < -0.39 is 0 Å². The van der Waals surface area contributed by atoms with Gasteiger partial charge in [0, 0.05) is 0 Å². The lowest BCUT2D eigenvalue weighted by Gasteiger charge is -2.05. The highest BCUT2D eigenvalue weighted by molar-refractivity contribution is 7.78. The molecule has 0 atom stereocenters. The van der Waals surface area contributed by atoms with Crippen molar-refractivity contribution in [3.05, 3.63) is 29.8 Å². The quantitative estimate of drug-likeness (QED) is 0.540. The summed E-state index contributed by atoms with van der Waals surface area (Å²) in [5, 5.41) is 2.34. The second kappa shape index (κ2) is 5.46. The molecule has 1 aromatic rings. The Morgan fingerprint density at radius 1 is 1.46 bits per heavy atom. The van der Waals surface area contributed by atoms with Gasteiger partial charge in [0.15, 0.2) is 0 Å². The molecule has 3 heteroatoms. The van der Waals surface area contributed by atoms with E-state index in [2.05, 4.69) is 22.4 Å². The van der Waals surface area contributed by atoms with Gasteiger partial charge >= 0.3 is 0 Å². The minimum atomic E-state index is 0.671. The minimum absolute atomic E-state index is 0.671. The highest BCUT2D eigenvalue weighted by atomic mass is 32.1. The first kappa shape index (κ1) is 9.90. The van der Waals surface area contributed by atoms with Crippen LogP contribution in [0.4, 0.5) is 0 Å². The van der Waals surface area contributed by atoms with Gasteiger partial charge in [-0.3, -0.25) is 0 Å². The van der Waals surface area contributed by atoms with Gasteiger partial charge in [0.25, 0.3) is 0 Å². The van der Waals surface area contributed by atoms with Gasteiger partial charge in [0.1, 0.15) is 5.75 Å². The number of aliphatic imine (C=N–C) groups is 1. The van der Waals surface area contributed by atoms with E-state index in [0.29, 0.717) is 6.54 Å². The van der Waals surface area contributed by atoms with Crippen LogP contribution in [0.2, 0.25) is 0 Å². The Kier molecular flexibility index (Phi) is 4.16. The highest BCUT2D eigenvalue weighted by Crippen LogP contribution is 2.17. The van der Waals surface area contributed by atoms with E-state index in [4.69, 9.17) is 4.74 Å². The molecule has 0 aromatic heterocycles. The number of hydrogen-bond acceptors (Lipinski definition) is 3. The SMILES string of the molecule is COc1ccccc1CCN=C=S. The number of hydrogen-bond donors (Lipinski definition) is 0. The van der Waals surface area contributed by atoms with Crippen molar-refractivity contribution in [2.24, 2.45) is 4.99 Å². The number of rotatable bonds is 4. The van der Waals surface area contributed by atoms with Crippen LogP contribution in [0.3, 0.4) is 0 Å². The van der Waals surface area contributed by atoms with Crippen LogP contribution in [-0.4, -0.2) is 18.8 Å². The zero-order valence-electron chi connectivity index (χ0n) is 7.49. The lowest BCUT2D eigenvalue weighted by Crippen LogP contribution is -1.93. The van der Waals surface area contributed by atoms with Crippen LogP contribution in [0.25, 0.3) is 0 Å². The molecule has 13 heavy (non-hydrogen) atoms. The topological polar surface area (TPSA) is 21.6 Å². The molecule has 0 aliphatic rings. The lowest BCUT2D eigenvalue weighted by molar-refractivity contribution is 0.410. The van der Waals surface area contributed by atoms with Gasteiger partial charge in [0.2, 0.25) is 0 Å². The molecule has 0 heterocycles. The van der Waals surface area contributed by atoms with Gasteiger partial charge in [-0.2, -0.15) is 0 Å². The van der Waals surface area contributed by atoms with E-state index >= 15 is 0 Å². The van der Waals surface area contributed by atoms with Crippen LogP contribution in [0.5, 0.6) is 5.75 Å². The molecule has 0 bridgehead atoms. The smallest absolute Gasteiger partial charge is 0.122 e. The maximum Gasteiger partial charge on any atom is 0.122 e. The van der Waals surface area contributed by atoms with Gasteiger partial charge in [-0.25, -0.2) is 4.99 Å². The maximum atomic E-state index is 5.19. The normalized spacial score (nSPS) is 9.00. The van der Waals surface area contributed by atoms with Crippen molar-refractivity contribution in [2.75, 3.05) is 13.7 Å². The molecule has 68 valence electrons. The van der Waals surface area contributed by atoms with E-state index in [1.807, 2.05) is 24.3 Å².